The molecule has 106 valence electrons. The lowest BCUT2D eigenvalue weighted by molar-refractivity contribution is -0.122. The van der Waals surface area contributed by atoms with E-state index in [0.717, 1.165) is 24.2 Å². The molecule has 1 heterocycles. The highest BCUT2D eigenvalue weighted by Gasteiger charge is 2.31. The first-order chi connectivity index (χ1) is 9.65. The van der Waals surface area contributed by atoms with E-state index < -0.39 is 0 Å². The maximum atomic E-state index is 12.3. The molecule has 1 aromatic carbocycles. The van der Waals surface area contributed by atoms with Crippen LogP contribution in [0.4, 0.5) is 0 Å². The SMILES string of the molecule is CCCCN1C(=O)/C(=C\c2cccc(OC)c2)SC1=S. The molecule has 1 aliphatic rings. The maximum absolute atomic E-state index is 12.3. The third-order valence-corrected chi connectivity index (χ3v) is 4.38. The minimum Gasteiger partial charge on any atom is -0.497 e. The standard InChI is InChI=1S/C15H17NO2S2/c1-3-4-8-16-14(17)13(20-15(16)19)10-11-6-5-7-12(9-11)18-2/h5-7,9-10H,3-4,8H2,1-2H3/b13-10+. The summed E-state index contributed by atoms with van der Waals surface area (Å²) >= 11 is 6.64. The molecular weight excluding hydrogens is 290 g/mol. The zero-order chi connectivity index (χ0) is 14.5. The summed E-state index contributed by atoms with van der Waals surface area (Å²) in [6.07, 6.45) is 3.89. The molecule has 1 saturated heterocycles. The second kappa shape index (κ2) is 6.90. The lowest BCUT2D eigenvalue weighted by Crippen LogP contribution is -2.28. The Morgan fingerprint density at radius 1 is 1.45 bits per heavy atom. The molecule has 20 heavy (non-hydrogen) atoms. The van der Waals surface area contributed by atoms with Crippen LogP contribution in [0, 0.1) is 0 Å². The number of thioether (sulfide) groups is 1. The summed E-state index contributed by atoms with van der Waals surface area (Å²) in [5.74, 6) is 0.788. The Bertz CT molecular complexity index is 555. The number of carbonyl (C=O) groups is 1. The Labute approximate surface area is 129 Å². The number of amides is 1. The molecular formula is C15H17NO2S2. The molecule has 1 aliphatic heterocycles. The van der Waals surface area contributed by atoms with Gasteiger partial charge in [0.1, 0.15) is 10.1 Å². The molecule has 3 nitrogen and oxygen atoms in total. The number of hydrogen-bond donors (Lipinski definition) is 0. The summed E-state index contributed by atoms with van der Waals surface area (Å²) in [4.78, 5) is 14.7. The number of thiocarbonyl (C=S) groups is 1. The first kappa shape index (κ1) is 15.1. The van der Waals surface area contributed by atoms with Crippen LogP contribution in [0.15, 0.2) is 29.2 Å². The largest absolute Gasteiger partial charge is 0.497 e. The lowest BCUT2D eigenvalue weighted by atomic mass is 10.2. The van der Waals surface area contributed by atoms with E-state index in [4.69, 9.17) is 17.0 Å². The van der Waals surface area contributed by atoms with Crippen LogP contribution in [0.25, 0.3) is 6.08 Å². The number of carbonyl (C=O) groups excluding carboxylic acids is 1. The number of nitrogens with zero attached hydrogens (tertiary/aromatic N) is 1. The van der Waals surface area contributed by atoms with Gasteiger partial charge in [-0.3, -0.25) is 9.69 Å². The van der Waals surface area contributed by atoms with Crippen molar-refractivity contribution in [2.24, 2.45) is 0 Å². The van der Waals surface area contributed by atoms with Crippen molar-refractivity contribution < 1.29 is 9.53 Å². The minimum absolute atomic E-state index is 0.0104. The second-order valence-electron chi connectivity index (χ2n) is 4.46. The van der Waals surface area contributed by atoms with Gasteiger partial charge < -0.3 is 4.74 Å². The van der Waals surface area contributed by atoms with Crippen molar-refractivity contribution >= 4 is 40.3 Å². The topological polar surface area (TPSA) is 29.5 Å². The Morgan fingerprint density at radius 3 is 2.95 bits per heavy atom. The molecule has 0 bridgehead atoms. The minimum atomic E-state index is 0.0104. The van der Waals surface area contributed by atoms with Crippen LogP contribution in [0.2, 0.25) is 0 Å². The molecule has 1 amide bonds. The van der Waals surface area contributed by atoms with E-state index in [9.17, 15) is 4.79 Å². The van der Waals surface area contributed by atoms with Gasteiger partial charge in [0.05, 0.1) is 12.0 Å². The summed E-state index contributed by atoms with van der Waals surface area (Å²) in [6.45, 7) is 2.81. The van der Waals surface area contributed by atoms with Crippen molar-refractivity contribution in [3.8, 4) is 5.75 Å². The molecule has 5 heteroatoms. The molecule has 0 radical (unpaired) electrons. The molecule has 0 spiro atoms. The number of unbranched alkanes of at least 4 members (excludes halogenated alkanes) is 1. The van der Waals surface area contributed by atoms with Crippen molar-refractivity contribution in [1.29, 1.82) is 0 Å². The van der Waals surface area contributed by atoms with Gasteiger partial charge in [0.15, 0.2) is 0 Å². The Morgan fingerprint density at radius 2 is 2.25 bits per heavy atom. The van der Waals surface area contributed by atoms with Gasteiger partial charge in [-0.1, -0.05) is 49.5 Å². The summed E-state index contributed by atoms with van der Waals surface area (Å²) < 4.78 is 5.83. The monoisotopic (exact) mass is 307 g/mol. The van der Waals surface area contributed by atoms with Crippen molar-refractivity contribution in [3.05, 3.63) is 34.7 Å². The van der Waals surface area contributed by atoms with E-state index in [-0.39, 0.29) is 5.91 Å². The molecule has 0 aliphatic carbocycles. The number of benzene rings is 1. The molecule has 0 N–H and O–H groups in total. The van der Waals surface area contributed by atoms with Crippen molar-refractivity contribution in [2.45, 2.75) is 19.8 Å². The van der Waals surface area contributed by atoms with Crippen LogP contribution in [-0.2, 0) is 4.79 Å². The molecule has 0 atom stereocenters. The van der Waals surface area contributed by atoms with Gasteiger partial charge in [-0.25, -0.2) is 0 Å². The Hall–Kier alpha value is -1.33. The van der Waals surface area contributed by atoms with Gasteiger partial charge in [-0.15, -0.1) is 0 Å². The van der Waals surface area contributed by atoms with Crippen molar-refractivity contribution in [3.63, 3.8) is 0 Å². The van der Waals surface area contributed by atoms with E-state index in [1.54, 1.807) is 12.0 Å². The maximum Gasteiger partial charge on any atom is 0.266 e. The van der Waals surface area contributed by atoms with Gasteiger partial charge in [-0.05, 0) is 30.2 Å². The van der Waals surface area contributed by atoms with Gasteiger partial charge in [-0.2, -0.15) is 0 Å². The van der Waals surface area contributed by atoms with Crippen molar-refractivity contribution in [2.75, 3.05) is 13.7 Å². The van der Waals surface area contributed by atoms with E-state index in [0.29, 0.717) is 15.8 Å². The predicted octanol–water partition coefficient (Wildman–Crippen LogP) is 3.70. The zero-order valence-electron chi connectivity index (χ0n) is 11.6. The third kappa shape index (κ3) is 3.41. The summed E-state index contributed by atoms with van der Waals surface area (Å²) in [5.41, 5.74) is 0.945. The van der Waals surface area contributed by atoms with E-state index >= 15 is 0 Å². The summed E-state index contributed by atoms with van der Waals surface area (Å²) in [7, 11) is 1.63. The highest BCUT2D eigenvalue weighted by Crippen LogP contribution is 2.33. The molecule has 0 aromatic heterocycles. The third-order valence-electron chi connectivity index (χ3n) is 3.00. The quantitative estimate of drug-likeness (QED) is 0.613. The zero-order valence-corrected chi connectivity index (χ0v) is 13.2. The van der Waals surface area contributed by atoms with Gasteiger partial charge in [0, 0.05) is 6.54 Å². The van der Waals surface area contributed by atoms with Crippen LogP contribution >= 0.6 is 24.0 Å². The van der Waals surface area contributed by atoms with E-state index in [1.807, 2.05) is 30.3 Å². The molecule has 0 saturated carbocycles. The van der Waals surface area contributed by atoms with E-state index in [1.165, 1.54) is 11.8 Å². The normalized spacial score (nSPS) is 17.1. The second-order valence-corrected chi connectivity index (χ2v) is 6.14. The highest BCUT2D eigenvalue weighted by atomic mass is 32.2. The fourth-order valence-electron chi connectivity index (χ4n) is 1.89. The fraction of sp³-hybridized carbons (Fsp3) is 0.333. The highest BCUT2D eigenvalue weighted by molar-refractivity contribution is 8.26. The molecule has 0 unspecified atom stereocenters. The molecule has 1 fully saturated rings. The predicted molar refractivity (Wildman–Crippen MR) is 87.8 cm³/mol. The average molecular weight is 307 g/mol. The van der Waals surface area contributed by atoms with Gasteiger partial charge in [0.25, 0.3) is 5.91 Å². The molecule has 1 aromatic rings. The fourth-order valence-corrected chi connectivity index (χ4v) is 3.20. The van der Waals surface area contributed by atoms with Crippen LogP contribution in [0.5, 0.6) is 5.75 Å². The number of rotatable bonds is 5. The summed E-state index contributed by atoms with van der Waals surface area (Å²) in [6, 6.07) is 7.63. The Kier molecular flexibility index (Phi) is 5.20. The Balaban J connectivity index is 2.18. The lowest BCUT2D eigenvalue weighted by Gasteiger charge is -2.13. The average Bonchev–Trinajstić information content (AvgIpc) is 2.72. The van der Waals surface area contributed by atoms with Gasteiger partial charge >= 0.3 is 0 Å². The van der Waals surface area contributed by atoms with Crippen LogP contribution in [0.1, 0.15) is 25.3 Å². The van der Waals surface area contributed by atoms with Crippen LogP contribution < -0.4 is 4.74 Å². The smallest absolute Gasteiger partial charge is 0.266 e. The van der Waals surface area contributed by atoms with E-state index in [2.05, 4.69) is 6.92 Å². The first-order valence-corrected chi connectivity index (χ1v) is 7.77. The molecule has 2 rings (SSSR count). The first-order valence-electron chi connectivity index (χ1n) is 6.55. The van der Waals surface area contributed by atoms with Crippen molar-refractivity contribution in [1.82, 2.24) is 4.90 Å². The van der Waals surface area contributed by atoms with Gasteiger partial charge in [0.2, 0.25) is 0 Å². The van der Waals surface area contributed by atoms with Crippen LogP contribution in [-0.4, -0.2) is 28.8 Å². The number of hydrogen-bond acceptors (Lipinski definition) is 4. The number of methoxy groups -OCH3 is 1. The van der Waals surface area contributed by atoms with Crippen LogP contribution in [0.3, 0.4) is 0 Å². The summed E-state index contributed by atoms with van der Waals surface area (Å²) in [5, 5.41) is 0. The number of ether oxygens (including phenoxy) is 1.